The molecule has 0 radical (unpaired) electrons. The van der Waals surface area contributed by atoms with Crippen molar-refractivity contribution in [2.45, 2.75) is 38.9 Å². The van der Waals surface area contributed by atoms with E-state index in [9.17, 15) is 17.6 Å². The lowest BCUT2D eigenvalue weighted by Gasteiger charge is -2.26. The summed E-state index contributed by atoms with van der Waals surface area (Å²) in [5.41, 5.74) is 0.924. The van der Waals surface area contributed by atoms with Crippen LogP contribution in [0, 0.1) is 11.2 Å². The van der Waals surface area contributed by atoms with Crippen molar-refractivity contribution < 1.29 is 27.6 Å². The highest BCUT2D eigenvalue weighted by Crippen LogP contribution is 2.30. The summed E-state index contributed by atoms with van der Waals surface area (Å²) in [5, 5.41) is 11.0. The zero-order chi connectivity index (χ0) is 20.9. The number of methoxy groups -OCH3 is 1. The standard InChI is InChI=1S/C17H24F4N6O/c1-10(22)7-11(2)24-16-25-14(23-9-17(19,20)21)13(18)15(26-16)27-6-4-5-12(27)8-28-3/h7,12,22H,4-6,8-9H2,1-3H3,(H2,23,24,25,26)/p+1/b11-7-,22-10?/t12-/m1/s1. The highest BCUT2D eigenvalue weighted by atomic mass is 19.4. The number of nitrogens with one attached hydrogen (secondary N) is 2. The van der Waals surface area contributed by atoms with Crippen LogP contribution in [0.4, 0.5) is 35.1 Å². The maximum atomic E-state index is 14.9. The van der Waals surface area contributed by atoms with Crippen molar-refractivity contribution in [3.63, 3.8) is 0 Å². The van der Waals surface area contributed by atoms with Crippen molar-refractivity contribution in [3.8, 4) is 0 Å². The Balaban J connectivity index is 2.41. The number of aromatic nitrogens is 2. The Morgan fingerprint density at radius 1 is 1.39 bits per heavy atom. The Morgan fingerprint density at radius 3 is 2.71 bits per heavy atom. The number of rotatable bonds is 8. The second-order valence-electron chi connectivity index (χ2n) is 6.70. The van der Waals surface area contributed by atoms with Crippen LogP contribution >= 0.6 is 0 Å². The van der Waals surface area contributed by atoms with Crippen LogP contribution < -0.4 is 15.5 Å². The number of anilines is 2. The zero-order valence-electron chi connectivity index (χ0n) is 16.0. The second kappa shape index (κ2) is 9.28. The normalized spacial score (nSPS) is 17.9. The largest absolute Gasteiger partial charge is 0.405 e. The molecule has 0 bridgehead atoms. The first kappa shape index (κ1) is 22.0. The monoisotopic (exact) mass is 405 g/mol. The van der Waals surface area contributed by atoms with Gasteiger partial charge in [-0.1, -0.05) is 0 Å². The van der Waals surface area contributed by atoms with Crippen LogP contribution in [0.3, 0.4) is 0 Å². The third-order valence-electron chi connectivity index (χ3n) is 4.12. The molecule has 4 N–H and O–H groups in total. The molecule has 1 aliphatic rings. The molecule has 11 heteroatoms. The van der Waals surface area contributed by atoms with Gasteiger partial charge in [0.25, 0.3) is 0 Å². The summed E-state index contributed by atoms with van der Waals surface area (Å²) in [4.78, 5) is 9.84. The molecule has 1 aromatic rings. The summed E-state index contributed by atoms with van der Waals surface area (Å²) in [6.45, 7) is 2.77. The molecule has 0 amide bonds. The minimum atomic E-state index is -4.51. The van der Waals surface area contributed by atoms with Gasteiger partial charge in [-0.25, -0.2) is 0 Å². The zero-order valence-corrected chi connectivity index (χ0v) is 16.0. The van der Waals surface area contributed by atoms with Crippen molar-refractivity contribution in [1.29, 1.82) is 5.41 Å². The van der Waals surface area contributed by atoms with Gasteiger partial charge in [-0.05, 0) is 19.8 Å². The molecule has 1 saturated heterocycles. The van der Waals surface area contributed by atoms with Gasteiger partial charge in [-0.3, -0.25) is 5.32 Å². The fraction of sp³-hybridized carbons (Fsp3) is 0.588. The van der Waals surface area contributed by atoms with E-state index < -0.39 is 24.4 Å². The summed E-state index contributed by atoms with van der Waals surface area (Å²) in [5.74, 6) is -1.41. The molecule has 28 heavy (non-hydrogen) atoms. The van der Waals surface area contributed by atoms with E-state index in [1.165, 1.54) is 12.4 Å². The third-order valence-corrected chi connectivity index (χ3v) is 4.12. The summed E-state index contributed by atoms with van der Waals surface area (Å²) >= 11 is 0. The Labute approximate surface area is 160 Å². The van der Waals surface area contributed by atoms with Gasteiger partial charge in [0.2, 0.25) is 5.82 Å². The molecule has 0 spiro atoms. The van der Waals surface area contributed by atoms with Gasteiger partial charge in [0.05, 0.1) is 12.6 Å². The van der Waals surface area contributed by atoms with Gasteiger partial charge in [0.15, 0.2) is 11.6 Å². The average molecular weight is 405 g/mol. The molecule has 1 fully saturated rings. The van der Waals surface area contributed by atoms with Crippen molar-refractivity contribution in [2.75, 3.05) is 37.0 Å². The van der Waals surface area contributed by atoms with Crippen LogP contribution in [0.5, 0.6) is 0 Å². The average Bonchev–Trinajstić information content (AvgIpc) is 3.02. The van der Waals surface area contributed by atoms with Crippen LogP contribution in [-0.2, 0) is 4.74 Å². The maximum absolute atomic E-state index is 14.9. The third kappa shape index (κ3) is 6.13. The molecule has 0 aliphatic carbocycles. The van der Waals surface area contributed by atoms with Crippen LogP contribution in [0.1, 0.15) is 26.7 Å². The van der Waals surface area contributed by atoms with E-state index in [0.717, 1.165) is 12.8 Å². The minimum Gasteiger partial charge on any atom is -0.383 e. The van der Waals surface area contributed by atoms with E-state index in [1.807, 2.05) is 5.32 Å². The highest BCUT2D eigenvalue weighted by Gasteiger charge is 2.32. The van der Waals surface area contributed by atoms with Crippen molar-refractivity contribution in [1.82, 2.24) is 9.97 Å². The van der Waals surface area contributed by atoms with E-state index in [0.29, 0.717) is 24.6 Å². The summed E-state index contributed by atoms with van der Waals surface area (Å²) < 4.78 is 57.9. The second-order valence-corrected chi connectivity index (χ2v) is 6.70. The highest BCUT2D eigenvalue weighted by molar-refractivity contribution is 5.90. The number of nitrogens with zero attached hydrogens (tertiary/aromatic N) is 3. The lowest BCUT2D eigenvalue weighted by atomic mass is 10.2. The predicted molar refractivity (Wildman–Crippen MR) is 97.5 cm³/mol. The number of nitrogens with two attached hydrogens (primary N) is 1. The molecule has 2 rings (SSSR count). The molecule has 0 unspecified atom stereocenters. The van der Waals surface area contributed by atoms with Gasteiger partial charge in [0, 0.05) is 32.4 Å². The van der Waals surface area contributed by atoms with Crippen LogP contribution in [-0.4, -0.2) is 54.7 Å². The summed E-state index contributed by atoms with van der Waals surface area (Å²) in [6.07, 6.45) is -1.39. The molecule has 0 saturated carbocycles. The van der Waals surface area contributed by atoms with Gasteiger partial charge < -0.3 is 20.4 Å². The van der Waals surface area contributed by atoms with Crippen LogP contribution in [0.2, 0.25) is 0 Å². The van der Waals surface area contributed by atoms with Crippen molar-refractivity contribution in [3.05, 3.63) is 17.6 Å². The molecule has 7 nitrogen and oxygen atoms in total. The fourth-order valence-electron chi connectivity index (χ4n) is 3.08. The number of ether oxygens (including phenoxy) is 1. The minimum absolute atomic E-state index is 0.0511. The fourth-order valence-corrected chi connectivity index (χ4v) is 3.08. The first-order valence-corrected chi connectivity index (χ1v) is 8.82. The van der Waals surface area contributed by atoms with Gasteiger partial charge in [-0.15, -0.1) is 0 Å². The van der Waals surface area contributed by atoms with Crippen LogP contribution in [0.25, 0.3) is 0 Å². The van der Waals surface area contributed by atoms with E-state index >= 15 is 0 Å². The molecular weight excluding hydrogens is 380 g/mol. The quantitative estimate of drug-likeness (QED) is 0.456. The van der Waals surface area contributed by atoms with E-state index in [-0.39, 0.29) is 17.8 Å². The number of allylic oxidation sites excluding steroid dienone is 2. The number of alkyl halides is 3. The van der Waals surface area contributed by atoms with Crippen molar-refractivity contribution in [2.24, 2.45) is 0 Å². The van der Waals surface area contributed by atoms with Gasteiger partial charge in [0.1, 0.15) is 12.2 Å². The molecule has 1 atom stereocenters. The van der Waals surface area contributed by atoms with Crippen LogP contribution in [0.15, 0.2) is 11.8 Å². The Morgan fingerprint density at radius 2 is 2.11 bits per heavy atom. The Kier molecular flexibility index (Phi) is 7.30. The molecular formula is C17H25F4N6O+. The van der Waals surface area contributed by atoms with E-state index in [2.05, 4.69) is 9.97 Å². The topological polar surface area (TPSA) is 90.7 Å². The van der Waals surface area contributed by atoms with E-state index in [1.54, 1.807) is 24.8 Å². The van der Waals surface area contributed by atoms with Gasteiger partial charge >= 0.3 is 12.1 Å². The first-order valence-electron chi connectivity index (χ1n) is 8.82. The smallest absolute Gasteiger partial charge is 0.383 e. The number of halogens is 4. The molecule has 156 valence electrons. The lowest BCUT2D eigenvalue weighted by molar-refractivity contribution is -0.525. The lowest BCUT2D eigenvalue weighted by Crippen LogP contribution is -2.76. The molecule has 2 heterocycles. The summed E-state index contributed by atoms with van der Waals surface area (Å²) in [7, 11) is 1.54. The first-order chi connectivity index (χ1) is 13.1. The predicted octanol–water partition coefficient (Wildman–Crippen LogP) is 2.34. The van der Waals surface area contributed by atoms with E-state index in [4.69, 9.17) is 10.1 Å². The number of hydrogen-bond acceptors (Lipinski definition) is 6. The summed E-state index contributed by atoms with van der Waals surface area (Å²) in [6, 6.07) is -0.113. The number of hydrogen-bond donors (Lipinski definition) is 3. The molecule has 0 aromatic carbocycles. The molecule has 1 aliphatic heterocycles. The van der Waals surface area contributed by atoms with Crippen molar-refractivity contribution >= 4 is 23.3 Å². The Hall–Kier alpha value is -2.27. The SMILES string of the molecule is COC[C@H]1CCCN1c1nc([NH2+]/C(C)=C\C(C)=N)nc(NCC(F)(F)F)c1F. The number of quaternary nitrogens is 1. The van der Waals surface area contributed by atoms with Gasteiger partial charge in [-0.2, -0.15) is 27.5 Å². The molecule has 1 aromatic heterocycles. The Bertz CT molecular complexity index is 737. The maximum Gasteiger partial charge on any atom is 0.405 e.